The monoisotopic (exact) mass is 371 g/mol. The minimum atomic E-state index is -0.542. The first-order valence-electron chi connectivity index (χ1n) is 9.07. The Bertz CT molecular complexity index is 710. The molecule has 2 aromatic rings. The molecule has 0 unspecified atom stereocenters. The zero-order valence-corrected chi connectivity index (χ0v) is 15.9. The summed E-state index contributed by atoms with van der Waals surface area (Å²) in [6.07, 6.45) is 0.505. The maximum absolute atomic E-state index is 13.1. The number of thiophene rings is 1. The number of likely N-dealkylation sites (N-methyl/N-ethyl adjacent to an activating group) is 1. The van der Waals surface area contributed by atoms with E-state index in [1.165, 1.54) is 11.3 Å². The van der Waals surface area contributed by atoms with Crippen LogP contribution < -0.4 is 5.32 Å². The first kappa shape index (κ1) is 18.6. The standard InChI is InChI=1S/C20H25N3O2S/c1-2-22-10-12-23(13-11-22)20(25)17(15-16-7-4-3-5-8-16)21-19(24)18-9-6-14-26-18/h3-9,14,17H,2,10-13,15H2,1H3,(H,21,24)/t17-/m1/s1. The summed E-state index contributed by atoms with van der Waals surface area (Å²) in [7, 11) is 0. The highest BCUT2D eigenvalue weighted by Gasteiger charge is 2.29. The van der Waals surface area contributed by atoms with Crippen LogP contribution in [0.3, 0.4) is 0 Å². The lowest BCUT2D eigenvalue weighted by Gasteiger charge is -2.36. The van der Waals surface area contributed by atoms with E-state index in [2.05, 4.69) is 17.1 Å². The Morgan fingerprint density at radius 2 is 1.81 bits per heavy atom. The second-order valence-corrected chi connectivity index (χ2v) is 7.40. The molecule has 0 spiro atoms. The summed E-state index contributed by atoms with van der Waals surface area (Å²) in [5, 5.41) is 4.82. The van der Waals surface area contributed by atoms with E-state index in [0.717, 1.165) is 25.2 Å². The Labute approximate surface area is 158 Å². The van der Waals surface area contributed by atoms with Gasteiger partial charge in [0.25, 0.3) is 5.91 Å². The second kappa shape index (κ2) is 8.96. The number of hydrogen-bond donors (Lipinski definition) is 1. The van der Waals surface area contributed by atoms with Crippen LogP contribution >= 0.6 is 11.3 Å². The van der Waals surface area contributed by atoms with E-state index in [0.29, 0.717) is 24.4 Å². The van der Waals surface area contributed by atoms with Gasteiger partial charge in [0.1, 0.15) is 6.04 Å². The second-order valence-electron chi connectivity index (χ2n) is 6.45. The molecule has 138 valence electrons. The fourth-order valence-corrected chi connectivity index (χ4v) is 3.82. The molecule has 26 heavy (non-hydrogen) atoms. The highest BCUT2D eigenvalue weighted by Crippen LogP contribution is 2.12. The van der Waals surface area contributed by atoms with Gasteiger partial charge in [0, 0.05) is 32.6 Å². The van der Waals surface area contributed by atoms with Gasteiger partial charge >= 0.3 is 0 Å². The number of amides is 2. The molecular formula is C20H25N3O2S. The third-order valence-corrected chi connectivity index (χ3v) is 5.63. The minimum absolute atomic E-state index is 0.00881. The Morgan fingerprint density at radius 1 is 1.08 bits per heavy atom. The molecule has 1 aromatic heterocycles. The Morgan fingerprint density at radius 3 is 2.42 bits per heavy atom. The van der Waals surface area contributed by atoms with Crippen LogP contribution in [-0.2, 0) is 11.2 Å². The molecular weight excluding hydrogens is 346 g/mol. The zero-order valence-electron chi connectivity index (χ0n) is 15.1. The van der Waals surface area contributed by atoms with Gasteiger partial charge < -0.3 is 15.1 Å². The minimum Gasteiger partial charge on any atom is -0.339 e. The van der Waals surface area contributed by atoms with Gasteiger partial charge in [0.2, 0.25) is 5.91 Å². The van der Waals surface area contributed by atoms with E-state index in [1.54, 1.807) is 6.07 Å². The third-order valence-electron chi connectivity index (χ3n) is 4.76. The maximum Gasteiger partial charge on any atom is 0.262 e. The Kier molecular flexibility index (Phi) is 6.41. The number of piperazine rings is 1. The fourth-order valence-electron chi connectivity index (χ4n) is 3.19. The van der Waals surface area contributed by atoms with Crippen molar-refractivity contribution in [2.24, 2.45) is 0 Å². The van der Waals surface area contributed by atoms with E-state index in [9.17, 15) is 9.59 Å². The first-order chi connectivity index (χ1) is 12.7. The number of nitrogens with one attached hydrogen (secondary N) is 1. The van der Waals surface area contributed by atoms with Gasteiger partial charge in [-0.3, -0.25) is 9.59 Å². The number of rotatable bonds is 6. The lowest BCUT2D eigenvalue weighted by atomic mass is 10.0. The molecule has 1 aliphatic heterocycles. The van der Waals surface area contributed by atoms with Crippen LogP contribution in [0.15, 0.2) is 47.8 Å². The van der Waals surface area contributed by atoms with Crippen LogP contribution in [0.4, 0.5) is 0 Å². The molecule has 0 bridgehead atoms. The van der Waals surface area contributed by atoms with Crippen LogP contribution in [-0.4, -0.2) is 60.4 Å². The van der Waals surface area contributed by atoms with Crippen molar-refractivity contribution in [1.82, 2.24) is 15.1 Å². The molecule has 1 fully saturated rings. The predicted molar refractivity (Wildman–Crippen MR) is 104 cm³/mol. The summed E-state index contributed by atoms with van der Waals surface area (Å²) in [5.74, 6) is -0.170. The summed E-state index contributed by atoms with van der Waals surface area (Å²) in [5.41, 5.74) is 1.05. The van der Waals surface area contributed by atoms with Crippen LogP contribution in [0.25, 0.3) is 0 Å². The topological polar surface area (TPSA) is 52.6 Å². The molecule has 0 saturated carbocycles. The van der Waals surface area contributed by atoms with E-state index in [-0.39, 0.29) is 11.8 Å². The van der Waals surface area contributed by atoms with Crippen molar-refractivity contribution < 1.29 is 9.59 Å². The van der Waals surface area contributed by atoms with Crippen molar-refractivity contribution in [2.45, 2.75) is 19.4 Å². The van der Waals surface area contributed by atoms with Gasteiger partial charge in [-0.05, 0) is 23.6 Å². The highest BCUT2D eigenvalue weighted by atomic mass is 32.1. The molecule has 3 rings (SSSR count). The van der Waals surface area contributed by atoms with E-state index < -0.39 is 6.04 Å². The molecule has 5 nitrogen and oxygen atoms in total. The van der Waals surface area contributed by atoms with Crippen LogP contribution in [0, 0.1) is 0 Å². The summed E-state index contributed by atoms with van der Waals surface area (Å²) in [6.45, 7) is 6.35. The smallest absolute Gasteiger partial charge is 0.262 e. The van der Waals surface area contributed by atoms with Gasteiger partial charge in [0.15, 0.2) is 0 Å². The molecule has 0 radical (unpaired) electrons. The molecule has 2 heterocycles. The Hall–Kier alpha value is -2.18. The molecule has 0 aliphatic carbocycles. The van der Waals surface area contributed by atoms with Crippen LogP contribution in [0.5, 0.6) is 0 Å². The molecule has 1 aliphatic rings. The molecule has 1 atom stereocenters. The van der Waals surface area contributed by atoms with Crippen molar-refractivity contribution in [1.29, 1.82) is 0 Å². The lowest BCUT2D eigenvalue weighted by molar-refractivity contribution is -0.135. The van der Waals surface area contributed by atoms with Gasteiger partial charge in [-0.25, -0.2) is 0 Å². The maximum atomic E-state index is 13.1. The number of nitrogens with zero attached hydrogens (tertiary/aromatic N) is 2. The van der Waals surface area contributed by atoms with Gasteiger partial charge in [0.05, 0.1) is 4.88 Å². The first-order valence-corrected chi connectivity index (χ1v) is 9.94. The van der Waals surface area contributed by atoms with Crippen LogP contribution in [0.1, 0.15) is 22.2 Å². The predicted octanol–water partition coefficient (Wildman–Crippen LogP) is 2.25. The summed E-state index contributed by atoms with van der Waals surface area (Å²) >= 11 is 1.39. The number of hydrogen-bond acceptors (Lipinski definition) is 4. The average Bonchev–Trinajstić information content (AvgIpc) is 3.23. The molecule has 1 aromatic carbocycles. The highest BCUT2D eigenvalue weighted by molar-refractivity contribution is 7.12. The summed E-state index contributed by atoms with van der Waals surface area (Å²) < 4.78 is 0. The molecule has 1 N–H and O–H groups in total. The van der Waals surface area contributed by atoms with Gasteiger partial charge in [-0.2, -0.15) is 0 Å². The molecule has 6 heteroatoms. The molecule has 1 saturated heterocycles. The van der Waals surface area contributed by atoms with E-state index >= 15 is 0 Å². The Balaban J connectivity index is 1.71. The SMILES string of the molecule is CCN1CCN(C(=O)[C@@H](Cc2ccccc2)NC(=O)c2cccs2)CC1. The zero-order chi connectivity index (χ0) is 18.4. The van der Waals surface area contributed by atoms with E-state index in [4.69, 9.17) is 0 Å². The number of benzene rings is 1. The quantitative estimate of drug-likeness (QED) is 0.847. The van der Waals surface area contributed by atoms with Crippen molar-refractivity contribution in [3.8, 4) is 0 Å². The number of carbonyl (C=O) groups excluding carboxylic acids is 2. The van der Waals surface area contributed by atoms with Gasteiger partial charge in [-0.1, -0.05) is 43.3 Å². The number of carbonyl (C=O) groups is 2. The van der Waals surface area contributed by atoms with Crippen molar-refractivity contribution >= 4 is 23.2 Å². The fraction of sp³-hybridized carbons (Fsp3) is 0.400. The van der Waals surface area contributed by atoms with E-state index in [1.807, 2.05) is 46.7 Å². The van der Waals surface area contributed by atoms with Crippen molar-refractivity contribution in [3.05, 3.63) is 58.3 Å². The largest absolute Gasteiger partial charge is 0.339 e. The van der Waals surface area contributed by atoms with Crippen LogP contribution in [0.2, 0.25) is 0 Å². The van der Waals surface area contributed by atoms with Gasteiger partial charge in [-0.15, -0.1) is 11.3 Å². The lowest BCUT2D eigenvalue weighted by Crippen LogP contribution is -2.55. The summed E-state index contributed by atoms with van der Waals surface area (Å²) in [4.78, 5) is 30.5. The van der Waals surface area contributed by atoms with Crippen molar-refractivity contribution in [3.63, 3.8) is 0 Å². The normalized spacial score (nSPS) is 16.3. The average molecular weight is 372 g/mol. The molecule has 2 amide bonds. The summed E-state index contributed by atoms with van der Waals surface area (Å²) in [6, 6.07) is 12.9. The third kappa shape index (κ3) is 4.71. The van der Waals surface area contributed by atoms with Crippen molar-refractivity contribution in [2.75, 3.05) is 32.7 Å².